The predicted molar refractivity (Wildman–Crippen MR) is 55.3 cm³/mol. The van der Waals surface area contributed by atoms with E-state index in [0.717, 1.165) is 11.3 Å². The van der Waals surface area contributed by atoms with Crippen molar-refractivity contribution in [2.75, 3.05) is 7.11 Å². The molecular formula is C11H12N2O. The molecule has 0 amide bonds. The van der Waals surface area contributed by atoms with Crippen LogP contribution in [0.25, 0.3) is 11.3 Å². The third-order valence-electron chi connectivity index (χ3n) is 2.08. The fraction of sp³-hybridized carbons (Fsp3) is 0.182. The van der Waals surface area contributed by atoms with Crippen molar-refractivity contribution in [3.05, 3.63) is 36.2 Å². The lowest BCUT2D eigenvalue weighted by molar-refractivity contribution is 0.398. The molecular weight excluding hydrogens is 176 g/mol. The van der Waals surface area contributed by atoms with Gasteiger partial charge in [0, 0.05) is 29.7 Å². The lowest BCUT2D eigenvalue weighted by Crippen LogP contribution is -1.86. The average molecular weight is 188 g/mol. The molecule has 72 valence electrons. The van der Waals surface area contributed by atoms with Gasteiger partial charge in [-0.1, -0.05) is 0 Å². The monoisotopic (exact) mass is 188 g/mol. The van der Waals surface area contributed by atoms with Crippen LogP contribution in [-0.2, 0) is 0 Å². The summed E-state index contributed by atoms with van der Waals surface area (Å²) < 4.78 is 4.99. The molecule has 0 aliphatic carbocycles. The molecule has 0 aliphatic heterocycles. The van der Waals surface area contributed by atoms with E-state index in [1.54, 1.807) is 13.3 Å². The summed E-state index contributed by atoms with van der Waals surface area (Å²) in [5.41, 5.74) is 3.37. The standard InChI is InChI=1S/C11H12N2O/c1-8-5-10(12-6-8)9-3-4-11(14-2)13-7-9/h3-7,12H,1-2H3. The maximum Gasteiger partial charge on any atom is 0.212 e. The first-order valence-corrected chi connectivity index (χ1v) is 4.45. The summed E-state index contributed by atoms with van der Waals surface area (Å²) >= 11 is 0. The van der Waals surface area contributed by atoms with Crippen LogP contribution in [0.15, 0.2) is 30.6 Å². The fourth-order valence-corrected chi connectivity index (χ4v) is 1.33. The van der Waals surface area contributed by atoms with Crippen LogP contribution in [0.4, 0.5) is 0 Å². The SMILES string of the molecule is COc1ccc(-c2cc(C)c[nH]2)cn1. The lowest BCUT2D eigenvalue weighted by Gasteiger charge is -1.99. The molecule has 14 heavy (non-hydrogen) atoms. The van der Waals surface area contributed by atoms with Gasteiger partial charge < -0.3 is 9.72 Å². The number of nitrogens with one attached hydrogen (secondary N) is 1. The molecule has 2 aromatic rings. The van der Waals surface area contributed by atoms with E-state index in [2.05, 4.69) is 23.0 Å². The van der Waals surface area contributed by atoms with E-state index in [1.165, 1.54) is 5.56 Å². The summed E-state index contributed by atoms with van der Waals surface area (Å²) in [7, 11) is 1.61. The number of pyridine rings is 1. The number of rotatable bonds is 2. The van der Waals surface area contributed by atoms with Crippen LogP contribution in [0.5, 0.6) is 5.88 Å². The van der Waals surface area contributed by atoms with Gasteiger partial charge in [-0.05, 0) is 24.6 Å². The number of aromatic nitrogens is 2. The van der Waals surface area contributed by atoms with E-state index in [1.807, 2.05) is 18.3 Å². The highest BCUT2D eigenvalue weighted by Crippen LogP contribution is 2.19. The second kappa shape index (κ2) is 3.54. The highest BCUT2D eigenvalue weighted by Gasteiger charge is 2.00. The summed E-state index contributed by atoms with van der Waals surface area (Å²) in [5.74, 6) is 0.636. The topological polar surface area (TPSA) is 37.9 Å². The zero-order valence-corrected chi connectivity index (χ0v) is 8.24. The molecule has 0 fully saturated rings. The third-order valence-corrected chi connectivity index (χ3v) is 2.08. The first-order chi connectivity index (χ1) is 6.79. The minimum absolute atomic E-state index is 0.636. The van der Waals surface area contributed by atoms with Gasteiger partial charge in [-0.2, -0.15) is 0 Å². The number of aryl methyl sites for hydroxylation is 1. The minimum atomic E-state index is 0.636. The first kappa shape index (κ1) is 8.81. The molecule has 3 heteroatoms. The molecule has 2 heterocycles. The Morgan fingerprint density at radius 3 is 2.71 bits per heavy atom. The van der Waals surface area contributed by atoms with E-state index < -0.39 is 0 Å². The Hall–Kier alpha value is -1.77. The molecule has 0 aliphatic rings. The van der Waals surface area contributed by atoms with Gasteiger partial charge in [0.25, 0.3) is 0 Å². The van der Waals surface area contributed by atoms with Crippen molar-refractivity contribution in [1.29, 1.82) is 0 Å². The van der Waals surface area contributed by atoms with Crippen molar-refractivity contribution in [3.63, 3.8) is 0 Å². The summed E-state index contributed by atoms with van der Waals surface area (Å²) in [6.07, 6.45) is 3.77. The quantitative estimate of drug-likeness (QED) is 0.785. The first-order valence-electron chi connectivity index (χ1n) is 4.45. The maximum absolute atomic E-state index is 4.99. The smallest absolute Gasteiger partial charge is 0.212 e. The van der Waals surface area contributed by atoms with Gasteiger partial charge in [0.15, 0.2) is 0 Å². The molecule has 3 nitrogen and oxygen atoms in total. The summed E-state index contributed by atoms with van der Waals surface area (Å²) in [6, 6.07) is 5.92. The van der Waals surface area contributed by atoms with Gasteiger partial charge in [-0.15, -0.1) is 0 Å². The van der Waals surface area contributed by atoms with Gasteiger partial charge in [0.2, 0.25) is 5.88 Å². The largest absolute Gasteiger partial charge is 0.481 e. The molecule has 0 aromatic carbocycles. The van der Waals surface area contributed by atoms with Crippen molar-refractivity contribution in [3.8, 4) is 17.1 Å². The zero-order valence-electron chi connectivity index (χ0n) is 8.24. The Bertz CT molecular complexity index is 417. The van der Waals surface area contributed by atoms with Crippen molar-refractivity contribution in [2.24, 2.45) is 0 Å². The van der Waals surface area contributed by atoms with E-state index in [-0.39, 0.29) is 0 Å². The van der Waals surface area contributed by atoms with Gasteiger partial charge in [0.05, 0.1) is 7.11 Å². The fourth-order valence-electron chi connectivity index (χ4n) is 1.33. The number of ether oxygens (including phenoxy) is 1. The maximum atomic E-state index is 4.99. The molecule has 0 spiro atoms. The molecule has 0 saturated carbocycles. The number of methoxy groups -OCH3 is 1. The molecule has 0 radical (unpaired) electrons. The molecule has 0 saturated heterocycles. The van der Waals surface area contributed by atoms with E-state index in [9.17, 15) is 0 Å². The number of aromatic amines is 1. The Kier molecular flexibility index (Phi) is 2.23. The second-order valence-corrected chi connectivity index (χ2v) is 3.18. The molecule has 0 unspecified atom stereocenters. The van der Waals surface area contributed by atoms with Crippen LogP contribution < -0.4 is 4.74 Å². The Balaban J connectivity index is 2.33. The highest BCUT2D eigenvalue weighted by molar-refractivity contribution is 5.59. The second-order valence-electron chi connectivity index (χ2n) is 3.18. The minimum Gasteiger partial charge on any atom is -0.481 e. The molecule has 2 rings (SSSR count). The van der Waals surface area contributed by atoms with Crippen LogP contribution in [0, 0.1) is 6.92 Å². The zero-order chi connectivity index (χ0) is 9.97. The predicted octanol–water partition coefficient (Wildman–Crippen LogP) is 2.39. The Morgan fingerprint density at radius 2 is 2.21 bits per heavy atom. The average Bonchev–Trinajstić information content (AvgIpc) is 2.65. The van der Waals surface area contributed by atoms with Crippen LogP contribution in [-0.4, -0.2) is 17.1 Å². The van der Waals surface area contributed by atoms with Crippen LogP contribution in [0.3, 0.4) is 0 Å². The third kappa shape index (κ3) is 1.62. The summed E-state index contributed by atoms with van der Waals surface area (Å²) in [4.78, 5) is 7.32. The van der Waals surface area contributed by atoms with E-state index in [0.29, 0.717) is 5.88 Å². The van der Waals surface area contributed by atoms with Crippen molar-refractivity contribution < 1.29 is 4.74 Å². The van der Waals surface area contributed by atoms with Crippen LogP contribution in [0.2, 0.25) is 0 Å². The van der Waals surface area contributed by atoms with Crippen molar-refractivity contribution in [2.45, 2.75) is 6.92 Å². The molecule has 0 atom stereocenters. The Labute approximate surface area is 82.8 Å². The van der Waals surface area contributed by atoms with Crippen LogP contribution in [0.1, 0.15) is 5.56 Å². The van der Waals surface area contributed by atoms with Crippen LogP contribution >= 0.6 is 0 Å². The Morgan fingerprint density at radius 1 is 1.36 bits per heavy atom. The van der Waals surface area contributed by atoms with Crippen molar-refractivity contribution >= 4 is 0 Å². The number of nitrogens with zero attached hydrogens (tertiary/aromatic N) is 1. The van der Waals surface area contributed by atoms with Gasteiger partial charge in [-0.25, -0.2) is 4.98 Å². The van der Waals surface area contributed by atoms with E-state index >= 15 is 0 Å². The lowest BCUT2D eigenvalue weighted by atomic mass is 10.2. The summed E-state index contributed by atoms with van der Waals surface area (Å²) in [5, 5.41) is 0. The number of H-pyrrole nitrogens is 1. The number of hydrogen-bond donors (Lipinski definition) is 1. The molecule has 0 bridgehead atoms. The van der Waals surface area contributed by atoms with Crippen molar-refractivity contribution in [1.82, 2.24) is 9.97 Å². The highest BCUT2D eigenvalue weighted by atomic mass is 16.5. The number of hydrogen-bond acceptors (Lipinski definition) is 2. The van der Waals surface area contributed by atoms with E-state index in [4.69, 9.17) is 4.74 Å². The molecule has 2 aromatic heterocycles. The summed E-state index contributed by atoms with van der Waals surface area (Å²) in [6.45, 7) is 2.05. The van der Waals surface area contributed by atoms with Gasteiger partial charge in [0.1, 0.15) is 0 Å². The normalized spacial score (nSPS) is 10.1. The molecule has 1 N–H and O–H groups in total. The van der Waals surface area contributed by atoms with Gasteiger partial charge in [-0.3, -0.25) is 0 Å². The van der Waals surface area contributed by atoms with Gasteiger partial charge >= 0.3 is 0 Å².